The lowest BCUT2D eigenvalue weighted by Crippen LogP contribution is -2.54. The van der Waals surface area contributed by atoms with Crippen molar-refractivity contribution in [2.24, 2.45) is 10.8 Å². The molecular weight excluding hydrogens is 232 g/mol. The second-order valence-electron chi connectivity index (χ2n) is 7.97. The van der Waals surface area contributed by atoms with Crippen molar-refractivity contribution in [3.63, 3.8) is 0 Å². The molecule has 1 saturated heterocycles. The van der Waals surface area contributed by atoms with Gasteiger partial charge in [0, 0.05) is 26.2 Å². The average molecular weight is 262 g/mol. The van der Waals surface area contributed by atoms with Crippen molar-refractivity contribution in [1.82, 2.24) is 9.80 Å². The number of hydrogen-bond acceptors (Lipinski definition) is 2. The molecule has 1 fully saturated rings. The summed E-state index contributed by atoms with van der Waals surface area (Å²) in [6, 6.07) is 0. The van der Waals surface area contributed by atoms with Crippen molar-refractivity contribution in [2.75, 3.05) is 26.2 Å². The summed E-state index contributed by atoms with van der Waals surface area (Å²) in [5.41, 5.74) is 2.39. The maximum absolute atomic E-state index is 4.32. The molecule has 0 aliphatic carbocycles. The minimum atomic E-state index is 0.316. The molecule has 2 heterocycles. The Balaban J connectivity index is 1.96. The van der Waals surface area contributed by atoms with Crippen LogP contribution in [-0.2, 0) is 0 Å². The second-order valence-corrected chi connectivity index (χ2v) is 7.97. The predicted molar refractivity (Wildman–Crippen MR) is 82.8 cm³/mol. The van der Waals surface area contributed by atoms with Gasteiger partial charge in [-0.2, -0.15) is 0 Å². The topological polar surface area (TPSA) is 6.48 Å². The second kappa shape index (κ2) is 4.88. The third-order valence-corrected chi connectivity index (χ3v) is 4.36. The number of likely N-dealkylation sites (tertiary alicyclic amines) is 1. The summed E-state index contributed by atoms with van der Waals surface area (Å²) in [7, 11) is 0. The molecule has 2 nitrogen and oxygen atoms in total. The van der Waals surface area contributed by atoms with Gasteiger partial charge in [-0.15, -0.1) is 0 Å². The van der Waals surface area contributed by atoms with Crippen LogP contribution < -0.4 is 0 Å². The fourth-order valence-corrected chi connectivity index (χ4v) is 3.16. The lowest BCUT2D eigenvalue weighted by molar-refractivity contribution is 0.0344. The zero-order chi connectivity index (χ0) is 14.3. The van der Waals surface area contributed by atoms with Crippen molar-refractivity contribution in [2.45, 2.75) is 47.5 Å². The first-order chi connectivity index (χ1) is 8.69. The van der Waals surface area contributed by atoms with Crippen LogP contribution in [0.5, 0.6) is 0 Å². The van der Waals surface area contributed by atoms with Gasteiger partial charge in [0.25, 0.3) is 0 Å². The zero-order valence-corrected chi connectivity index (χ0v) is 13.4. The van der Waals surface area contributed by atoms with Crippen molar-refractivity contribution < 1.29 is 0 Å². The van der Waals surface area contributed by atoms with Crippen LogP contribution in [0.4, 0.5) is 0 Å². The fraction of sp³-hybridized carbons (Fsp3) is 0.765. The summed E-state index contributed by atoms with van der Waals surface area (Å²) in [4.78, 5) is 4.88. The van der Waals surface area contributed by atoms with E-state index in [-0.39, 0.29) is 0 Å². The first-order valence-corrected chi connectivity index (χ1v) is 7.57. The Bertz CT molecular complexity index is 377. The third-order valence-electron chi connectivity index (χ3n) is 4.36. The highest BCUT2D eigenvalue weighted by Gasteiger charge is 2.36. The van der Waals surface area contributed by atoms with Crippen LogP contribution in [0.2, 0.25) is 0 Å². The Hall–Kier alpha value is -0.920. The maximum Gasteiger partial charge on any atom is 0.0968 e. The molecule has 0 atom stereocenters. The van der Waals surface area contributed by atoms with Crippen LogP contribution in [0.15, 0.2) is 24.0 Å². The van der Waals surface area contributed by atoms with Crippen LogP contribution in [0.3, 0.4) is 0 Å². The Kier molecular flexibility index (Phi) is 3.72. The molecule has 0 radical (unpaired) electrons. The lowest BCUT2D eigenvalue weighted by atomic mass is 9.84. The minimum absolute atomic E-state index is 0.316. The molecule has 0 bridgehead atoms. The van der Waals surface area contributed by atoms with E-state index in [9.17, 15) is 0 Å². The molecule has 0 N–H and O–H groups in total. The van der Waals surface area contributed by atoms with Crippen LogP contribution in [0.1, 0.15) is 47.5 Å². The molecule has 0 aromatic rings. The van der Waals surface area contributed by atoms with E-state index in [1.54, 1.807) is 5.57 Å². The van der Waals surface area contributed by atoms with E-state index < -0.39 is 0 Å². The number of nitrogens with zero attached hydrogens (tertiary/aromatic N) is 2. The highest BCUT2D eigenvalue weighted by molar-refractivity contribution is 5.15. The van der Waals surface area contributed by atoms with Gasteiger partial charge >= 0.3 is 0 Å². The van der Waals surface area contributed by atoms with Gasteiger partial charge in [-0.05, 0) is 23.7 Å². The molecule has 0 aromatic heterocycles. The maximum atomic E-state index is 4.32. The monoisotopic (exact) mass is 262 g/mol. The Morgan fingerprint density at radius 2 is 1.84 bits per heavy atom. The Labute approximate surface area is 119 Å². The summed E-state index contributed by atoms with van der Waals surface area (Å²) in [5, 5.41) is 0. The first kappa shape index (κ1) is 14.5. The fourth-order valence-electron chi connectivity index (χ4n) is 3.16. The molecule has 0 unspecified atom stereocenters. The summed E-state index contributed by atoms with van der Waals surface area (Å²) in [5.74, 6) is 1.23. The van der Waals surface area contributed by atoms with E-state index in [0.717, 1.165) is 26.2 Å². The minimum Gasteiger partial charge on any atom is -0.358 e. The summed E-state index contributed by atoms with van der Waals surface area (Å²) in [6.07, 6.45) is 4.92. The quantitative estimate of drug-likeness (QED) is 0.697. The Morgan fingerprint density at radius 1 is 1.21 bits per heavy atom. The molecule has 2 heteroatoms. The number of rotatable bonds is 2. The van der Waals surface area contributed by atoms with Crippen molar-refractivity contribution in [1.29, 1.82) is 0 Å². The molecule has 0 saturated carbocycles. The van der Waals surface area contributed by atoms with E-state index in [0.29, 0.717) is 10.8 Å². The molecule has 0 aromatic carbocycles. The van der Waals surface area contributed by atoms with Crippen molar-refractivity contribution >= 4 is 0 Å². The standard InChI is InChI=1S/C17H30N2/c1-14(19-12-17(5,6)13-19)18-10-7-8-15(9-11-18)16(2,3)4/h9H,1,7-8,10-13H2,2-6H3. The summed E-state index contributed by atoms with van der Waals surface area (Å²) < 4.78 is 0. The van der Waals surface area contributed by atoms with E-state index in [4.69, 9.17) is 0 Å². The molecule has 2 rings (SSSR count). The smallest absolute Gasteiger partial charge is 0.0968 e. The van der Waals surface area contributed by atoms with Gasteiger partial charge in [0.2, 0.25) is 0 Å². The van der Waals surface area contributed by atoms with Gasteiger partial charge < -0.3 is 9.80 Å². The predicted octanol–water partition coefficient (Wildman–Crippen LogP) is 3.87. The van der Waals surface area contributed by atoms with Crippen LogP contribution in [0.25, 0.3) is 0 Å². The first-order valence-electron chi connectivity index (χ1n) is 7.57. The summed E-state index contributed by atoms with van der Waals surface area (Å²) in [6.45, 7) is 20.4. The van der Waals surface area contributed by atoms with Gasteiger partial charge in [0.15, 0.2) is 0 Å². The molecule has 2 aliphatic heterocycles. The molecule has 19 heavy (non-hydrogen) atoms. The average Bonchev–Trinajstić information content (AvgIpc) is 2.49. The van der Waals surface area contributed by atoms with Crippen molar-refractivity contribution in [3.8, 4) is 0 Å². The number of hydrogen-bond donors (Lipinski definition) is 0. The SMILES string of the molecule is C=C(N1CC=C(C(C)(C)C)CCC1)N1CC(C)(C)C1. The van der Waals surface area contributed by atoms with Gasteiger partial charge in [-0.3, -0.25) is 0 Å². The summed E-state index contributed by atoms with van der Waals surface area (Å²) >= 11 is 0. The highest BCUT2D eigenvalue weighted by atomic mass is 15.4. The van der Waals surface area contributed by atoms with E-state index >= 15 is 0 Å². The molecular formula is C17H30N2. The van der Waals surface area contributed by atoms with E-state index in [2.05, 4.69) is 57.1 Å². The lowest BCUT2D eigenvalue weighted by Gasteiger charge is -2.50. The molecule has 0 spiro atoms. The number of allylic oxidation sites excluding steroid dienone is 1. The van der Waals surface area contributed by atoms with Crippen LogP contribution in [0, 0.1) is 10.8 Å². The molecule has 2 aliphatic rings. The van der Waals surface area contributed by atoms with Crippen molar-refractivity contribution in [3.05, 3.63) is 24.0 Å². The largest absolute Gasteiger partial charge is 0.358 e. The van der Waals surface area contributed by atoms with Gasteiger partial charge in [0.1, 0.15) is 0 Å². The third kappa shape index (κ3) is 3.34. The van der Waals surface area contributed by atoms with Gasteiger partial charge in [-0.1, -0.05) is 52.8 Å². The normalized spacial score (nSPS) is 23.5. The zero-order valence-electron chi connectivity index (χ0n) is 13.4. The molecule has 0 amide bonds. The van der Waals surface area contributed by atoms with E-state index in [1.807, 2.05) is 0 Å². The van der Waals surface area contributed by atoms with Crippen LogP contribution >= 0.6 is 0 Å². The van der Waals surface area contributed by atoms with E-state index in [1.165, 1.54) is 18.7 Å². The van der Waals surface area contributed by atoms with Crippen LogP contribution in [-0.4, -0.2) is 36.0 Å². The highest BCUT2D eigenvalue weighted by Crippen LogP contribution is 2.34. The molecule has 108 valence electrons. The Morgan fingerprint density at radius 3 is 2.37 bits per heavy atom. The van der Waals surface area contributed by atoms with Gasteiger partial charge in [-0.25, -0.2) is 0 Å². The van der Waals surface area contributed by atoms with Gasteiger partial charge in [0.05, 0.1) is 5.82 Å².